The number of halogens is 1. The van der Waals surface area contributed by atoms with E-state index in [1.54, 1.807) is 0 Å². The predicted molar refractivity (Wildman–Crippen MR) is 73.7 cm³/mol. The molecule has 2 aliphatic rings. The minimum Gasteiger partial charge on any atom is -0.378 e. The van der Waals surface area contributed by atoms with Crippen molar-refractivity contribution in [3.63, 3.8) is 0 Å². The fourth-order valence-corrected chi connectivity index (χ4v) is 2.82. The van der Waals surface area contributed by atoms with Crippen LogP contribution in [0.5, 0.6) is 0 Å². The molecule has 0 amide bonds. The molecule has 0 spiro atoms. The summed E-state index contributed by atoms with van der Waals surface area (Å²) in [6, 6.07) is 6.49. The van der Waals surface area contributed by atoms with E-state index in [9.17, 15) is 0 Å². The third-order valence-corrected chi connectivity index (χ3v) is 3.85. The van der Waals surface area contributed by atoms with Crippen molar-refractivity contribution in [2.75, 3.05) is 5.32 Å². The lowest BCUT2D eigenvalue weighted by molar-refractivity contribution is 0.732. The summed E-state index contributed by atoms with van der Waals surface area (Å²) in [5, 5.41) is 4.38. The molecule has 2 unspecified atom stereocenters. The van der Waals surface area contributed by atoms with Crippen molar-refractivity contribution >= 4 is 17.3 Å². The third kappa shape index (κ3) is 1.79. The van der Waals surface area contributed by atoms with Crippen LogP contribution < -0.4 is 5.32 Å². The zero-order chi connectivity index (χ0) is 12.0. The van der Waals surface area contributed by atoms with Gasteiger partial charge in [0.1, 0.15) is 0 Å². The zero-order valence-corrected chi connectivity index (χ0v) is 10.8. The van der Waals surface area contributed by atoms with Crippen LogP contribution in [0.15, 0.2) is 42.0 Å². The van der Waals surface area contributed by atoms with E-state index in [0.29, 0.717) is 17.9 Å². The Labute approximate surface area is 107 Å². The molecule has 0 bridgehead atoms. The maximum atomic E-state index is 6.07. The highest BCUT2D eigenvalue weighted by Gasteiger charge is 2.31. The van der Waals surface area contributed by atoms with Gasteiger partial charge in [-0.2, -0.15) is 0 Å². The third-order valence-electron chi connectivity index (χ3n) is 3.62. The van der Waals surface area contributed by atoms with Crippen molar-refractivity contribution < 1.29 is 0 Å². The van der Waals surface area contributed by atoms with E-state index in [-0.39, 0.29) is 0 Å². The molecular formula is C15H16ClN. The zero-order valence-electron chi connectivity index (χ0n) is 10.1. The fourth-order valence-electron chi connectivity index (χ4n) is 2.63. The topological polar surface area (TPSA) is 12.0 Å². The van der Waals surface area contributed by atoms with Crippen LogP contribution in [0.3, 0.4) is 0 Å². The summed E-state index contributed by atoms with van der Waals surface area (Å²) in [6.45, 7) is 4.46. The lowest BCUT2D eigenvalue weighted by atomic mass is 9.86. The predicted octanol–water partition coefficient (Wildman–Crippen LogP) is 4.37. The summed E-state index contributed by atoms with van der Waals surface area (Å²) in [6.07, 6.45) is 6.90. The van der Waals surface area contributed by atoms with E-state index in [0.717, 1.165) is 5.02 Å². The Kier molecular flexibility index (Phi) is 2.52. The van der Waals surface area contributed by atoms with Gasteiger partial charge in [-0.1, -0.05) is 43.7 Å². The molecule has 0 aromatic heterocycles. The highest BCUT2D eigenvalue weighted by atomic mass is 35.5. The first kappa shape index (κ1) is 10.9. The molecule has 1 aromatic carbocycles. The van der Waals surface area contributed by atoms with E-state index >= 15 is 0 Å². The average molecular weight is 246 g/mol. The minimum atomic E-state index is 0.394. The van der Waals surface area contributed by atoms with Crippen molar-refractivity contribution in [2.45, 2.75) is 25.8 Å². The molecule has 1 aliphatic carbocycles. The average Bonchev–Trinajstić information content (AvgIpc) is 2.66. The molecule has 0 saturated heterocycles. The number of hydrogen-bond acceptors (Lipinski definition) is 1. The number of anilines is 1. The van der Waals surface area contributed by atoms with Gasteiger partial charge in [0.25, 0.3) is 0 Å². The summed E-state index contributed by atoms with van der Waals surface area (Å²) in [5.41, 5.74) is 3.95. The Morgan fingerprint density at radius 2 is 2.12 bits per heavy atom. The Morgan fingerprint density at radius 3 is 2.88 bits per heavy atom. The van der Waals surface area contributed by atoms with Crippen molar-refractivity contribution in [1.82, 2.24) is 0 Å². The van der Waals surface area contributed by atoms with Crippen LogP contribution >= 0.6 is 11.6 Å². The second-order valence-corrected chi connectivity index (χ2v) is 5.54. The highest BCUT2D eigenvalue weighted by molar-refractivity contribution is 6.30. The van der Waals surface area contributed by atoms with E-state index in [2.05, 4.69) is 49.5 Å². The van der Waals surface area contributed by atoms with Gasteiger partial charge in [0.15, 0.2) is 0 Å². The van der Waals surface area contributed by atoms with Crippen LogP contribution in [0.4, 0.5) is 5.69 Å². The second-order valence-electron chi connectivity index (χ2n) is 5.11. The van der Waals surface area contributed by atoms with Crippen LogP contribution in [0.25, 0.3) is 0 Å². The molecule has 1 nitrogen and oxygen atoms in total. The molecule has 1 N–H and O–H groups in total. The van der Waals surface area contributed by atoms with Crippen LogP contribution in [0.2, 0.25) is 5.02 Å². The van der Waals surface area contributed by atoms with Crippen molar-refractivity contribution in [2.24, 2.45) is 5.92 Å². The van der Waals surface area contributed by atoms with Gasteiger partial charge in [-0.3, -0.25) is 0 Å². The molecule has 3 rings (SSSR count). The second kappa shape index (κ2) is 3.92. The summed E-state index contributed by atoms with van der Waals surface area (Å²) < 4.78 is 0. The van der Waals surface area contributed by atoms with Gasteiger partial charge in [-0.15, -0.1) is 0 Å². The quantitative estimate of drug-likeness (QED) is 0.775. The maximum absolute atomic E-state index is 6.07. The number of hydrogen-bond donors (Lipinski definition) is 1. The Balaban J connectivity index is 1.98. The normalized spacial score (nSPS) is 25.3. The molecule has 2 atom stereocenters. The fraction of sp³-hybridized carbons (Fsp3) is 0.333. The van der Waals surface area contributed by atoms with Gasteiger partial charge in [0.05, 0.1) is 6.04 Å². The van der Waals surface area contributed by atoms with E-state index < -0.39 is 0 Å². The van der Waals surface area contributed by atoms with E-state index in [1.807, 2.05) is 6.07 Å². The Bertz CT molecular complexity index is 514. The van der Waals surface area contributed by atoms with Gasteiger partial charge in [-0.05, 0) is 35.3 Å². The smallest absolute Gasteiger partial charge is 0.0554 e. The van der Waals surface area contributed by atoms with Gasteiger partial charge in [0.2, 0.25) is 0 Å². The molecule has 1 aromatic rings. The Morgan fingerprint density at radius 1 is 1.29 bits per heavy atom. The van der Waals surface area contributed by atoms with Crippen molar-refractivity contribution in [3.8, 4) is 0 Å². The number of nitrogens with one attached hydrogen (secondary N) is 1. The first-order valence-corrected chi connectivity index (χ1v) is 6.49. The maximum Gasteiger partial charge on any atom is 0.0554 e. The molecule has 0 fully saturated rings. The lowest BCUT2D eigenvalue weighted by Gasteiger charge is -2.21. The Hall–Kier alpha value is -1.21. The molecular weight excluding hydrogens is 230 g/mol. The summed E-state index contributed by atoms with van der Waals surface area (Å²) >= 11 is 6.07. The highest BCUT2D eigenvalue weighted by Crippen LogP contribution is 2.41. The largest absolute Gasteiger partial charge is 0.378 e. The number of fused-ring (bicyclic) bond motifs is 3. The van der Waals surface area contributed by atoms with Gasteiger partial charge < -0.3 is 5.32 Å². The molecule has 1 aliphatic heterocycles. The van der Waals surface area contributed by atoms with Gasteiger partial charge in [0, 0.05) is 16.6 Å². The molecule has 0 saturated carbocycles. The standard InChI is InChI=1S/C15H16ClN/c1-9(2)10-3-5-12-13-8-11(16)4-6-14(13)17-15(12)7-10/h3-9,12,15,17H,1-2H3. The minimum absolute atomic E-state index is 0.394. The summed E-state index contributed by atoms with van der Waals surface area (Å²) in [5.74, 6) is 1.02. The molecule has 1 heterocycles. The summed E-state index contributed by atoms with van der Waals surface area (Å²) in [7, 11) is 0. The molecule has 2 heteroatoms. The lowest BCUT2D eigenvalue weighted by Crippen LogP contribution is -2.20. The molecule has 17 heavy (non-hydrogen) atoms. The SMILES string of the molecule is CC(C)C1=CC2Nc3ccc(Cl)cc3C2C=C1. The van der Waals surface area contributed by atoms with E-state index in [4.69, 9.17) is 11.6 Å². The summed E-state index contributed by atoms with van der Waals surface area (Å²) in [4.78, 5) is 0. The van der Waals surface area contributed by atoms with Crippen LogP contribution in [-0.4, -0.2) is 6.04 Å². The number of benzene rings is 1. The van der Waals surface area contributed by atoms with Crippen LogP contribution in [0, 0.1) is 5.92 Å². The van der Waals surface area contributed by atoms with Crippen LogP contribution in [-0.2, 0) is 0 Å². The molecule has 0 radical (unpaired) electrons. The van der Waals surface area contributed by atoms with Crippen molar-refractivity contribution in [1.29, 1.82) is 0 Å². The van der Waals surface area contributed by atoms with Gasteiger partial charge in [-0.25, -0.2) is 0 Å². The van der Waals surface area contributed by atoms with Gasteiger partial charge >= 0.3 is 0 Å². The number of allylic oxidation sites excluding steroid dienone is 2. The van der Waals surface area contributed by atoms with E-state index in [1.165, 1.54) is 16.8 Å². The first-order chi connectivity index (χ1) is 8.15. The number of rotatable bonds is 1. The van der Waals surface area contributed by atoms with Crippen molar-refractivity contribution in [3.05, 3.63) is 52.6 Å². The first-order valence-electron chi connectivity index (χ1n) is 6.11. The molecule has 88 valence electrons. The van der Waals surface area contributed by atoms with Crippen LogP contribution in [0.1, 0.15) is 25.3 Å². The monoisotopic (exact) mass is 245 g/mol.